The molecule has 0 atom stereocenters. The molecule has 4 rings (SSSR count). The van der Waals surface area contributed by atoms with Crippen molar-refractivity contribution in [2.75, 3.05) is 10.2 Å². The lowest BCUT2D eigenvalue weighted by Gasteiger charge is -2.18. The van der Waals surface area contributed by atoms with Crippen LogP contribution in [0.5, 0.6) is 0 Å². The van der Waals surface area contributed by atoms with Crippen molar-refractivity contribution in [3.63, 3.8) is 0 Å². The van der Waals surface area contributed by atoms with E-state index >= 15 is 0 Å². The number of halogens is 3. The Kier molecular flexibility index (Phi) is 5.33. The van der Waals surface area contributed by atoms with Crippen molar-refractivity contribution in [2.24, 2.45) is 0 Å². The molecule has 0 aromatic heterocycles. The molecule has 3 aromatic rings. The third-order valence-corrected chi connectivity index (χ3v) is 5.25. The number of hydrogen-bond donors (Lipinski definition) is 1. The summed E-state index contributed by atoms with van der Waals surface area (Å²) in [4.78, 5) is 27.8. The first-order chi connectivity index (χ1) is 14.8. The van der Waals surface area contributed by atoms with Crippen LogP contribution < -0.4 is 10.2 Å². The van der Waals surface area contributed by atoms with Crippen LogP contribution in [0.4, 0.5) is 20.2 Å². The highest BCUT2D eigenvalue weighted by molar-refractivity contribution is 6.46. The van der Waals surface area contributed by atoms with E-state index in [4.69, 9.17) is 11.6 Å². The lowest BCUT2D eigenvalue weighted by atomic mass is 10.0. The molecule has 0 aliphatic carbocycles. The second-order valence-corrected chi connectivity index (χ2v) is 7.68. The molecular formula is C24H17ClF2N2O2. The van der Waals surface area contributed by atoms with Gasteiger partial charge in [-0.25, -0.2) is 13.7 Å². The van der Waals surface area contributed by atoms with Crippen molar-refractivity contribution in [1.29, 1.82) is 0 Å². The Morgan fingerprint density at radius 3 is 2.19 bits per heavy atom. The number of nitrogens with one attached hydrogen (secondary N) is 1. The van der Waals surface area contributed by atoms with Gasteiger partial charge in [-0.05, 0) is 55.3 Å². The molecule has 0 radical (unpaired) electrons. The quantitative estimate of drug-likeness (QED) is 0.537. The number of amides is 2. The summed E-state index contributed by atoms with van der Waals surface area (Å²) in [5.41, 5.74) is 2.90. The Bertz CT molecular complexity index is 1250. The van der Waals surface area contributed by atoms with E-state index in [2.05, 4.69) is 5.32 Å². The average molecular weight is 439 g/mol. The number of carbonyl (C=O) groups excluding carboxylic acids is 2. The van der Waals surface area contributed by atoms with E-state index in [1.165, 1.54) is 6.07 Å². The van der Waals surface area contributed by atoms with Crippen molar-refractivity contribution < 1.29 is 18.4 Å². The minimum Gasteiger partial charge on any atom is -0.350 e. The van der Waals surface area contributed by atoms with Gasteiger partial charge < -0.3 is 5.32 Å². The number of benzene rings is 3. The van der Waals surface area contributed by atoms with Crippen LogP contribution in [0.15, 0.2) is 66.4 Å². The smallest absolute Gasteiger partial charge is 0.282 e. The van der Waals surface area contributed by atoms with E-state index in [1.54, 1.807) is 30.3 Å². The zero-order valence-corrected chi connectivity index (χ0v) is 17.4. The largest absolute Gasteiger partial charge is 0.350 e. The van der Waals surface area contributed by atoms with Gasteiger partial charge in [-0.1, -0.05) is 41.4 Å². The Morgan fingerprint density at radius 1 is 0.839 bits per heavy atom. The predicted octanol–water partition coefficient (Wildman–Crippen LogP) is 5.63. The molecule has 0 bridgehead atoms. The van der Waals surface area contributed by atoms with Gasteiger partial charge in [-0.15, -0.1) is 0 Å². The van der Waals surface area contributed by atoms with Crippen molar-refractivity contribution in [1.82, 2.24) is 0 Å². The lowest BCUT2D eigenvalue weighted by molar-refractivity contribution is -0.120. The van der Waals surface area contributed by atoms with Gasteiger partial charge in [0.05, 0.1) is 11.3 Å². The van der Waals surface area contributed by atoms with Crippen molar-refractivity contribution in [3.05, 3.63) is 99.7 Å². The van der Waals surface area contributed by atoms with E-state index < -0.39 is 23.4 Å². The Labute approximate surface area is 182 Å². The Morgan fingerprint density at radius 2 is 1.55 bits per heavy atom. The van der Waals surface area contributed by atoms with E-state index in [0.717, 1.165) is 28.2 Å². The fraction of sp³-hybridized carbons (Fsp3) is 0.0833. The van der Waals surface area contributed by atoms with Crippen molar-refractivity contribution >= 4 is 40.4 Å². The van der Waals surface area contributed by atoms with Gasteiger partial charge in [0, 0.05) is 16.8 Å². The molecule has 1 aliphatic rings. The molecule has 156 valence electrons. The summed E-state index contributed by atoms with van der Waals surface area (Å²) in [5.74, 6) is -3.19. The molecule has 31 heavy (non-hydrogen) atoms. The van der Waals surface area contributed by atoms with Gasteiger partial charge in [0.25, 0.3) is 11.8 Å². The molecule has 1 heterocycles. The summed E-state index contributed by atoms with van der Waals surface area (Å²) in [5, 5.41) is 3.29. The number of nitrogens with zero attached hydrogens (tertiary/aromatic N) is 1. The van der Waals surface area contributed by atoms with Crippen molar-refractivity contribution in [2.45, 2.75) is 13.8 Å². The molecule has 0 spiro atoms. The zero-order chi connectivity index (χ0) is 22.3. The maximum Gasteiger partial charge on any atom is 0.282 e. The van der Waals surface area contributed by atoms with E-state index in [0.29, 0.717) is 16.3 Å². The molecule has 0 fully saturated rings. The molecule has 1 aliphatic heterocycles. The summed E-state index contributed by atoms with van der Waals surface area (Å²) in [7, 11) is 0. The first-order valence-electron chi connectivity index (χ1n) is 9.44. The topological polar surface area (TPSA) is 49.4 Å². The van der Waals surface area contributed by atoms with Crippen LogP contribution in [0.25, 0.3) is 5.57 Å². The zero-order valence-electron chi connectivity index (χ0n) is 16.7. The summed E-state index contributed by atoms with van der Waals surface area (Å²) in [6.45, 7) is 3.73. The minimum absolute atomic E-state index is 0.0293. The van der Waals surface area contributed by atoms with Crippen LogP contribution in [0.1, 0.15) is 16.7 Å². The maximum atomic E-state index is 13.7. The second-order valence-electron chi connectivity index (χ2n) is 7.25. The van der Waals surface area contributed by atoms with E-state index in [-0.39, 0.29) is 17.0 Å². The average Bonchev–Trinajstić information content (AvgIpc) is 2.96. The van der Waals surface area contributed by atoms with Crippen molar-refractivity contribution in [3.8, 4) is 0 Å². The molecule has 4 nitrogen and oxygen atoms in total. The van der Waals surface area contributed by atoms with Gasteiger partial charge in [-0.2, -0.15) is 0 Å². The first kappa shape index (κ1) is 20.8. The number of rotatable bonds is 4. The van der Waals surface area contributed by atoms with Gasteiger partial charge >= 0.3 is 0 Å². The highest BCUT2D eigenvalue weighted by Crippen LogP contribution is 2.35. The molecule has 0 unspecified atom stereocenters. The Hall–Kier alpha value is -3.51. The summed E-state index contributed by atoms with van der Waals surface area (Å²) < 4.78 is 27.1. The predicted molar refractivity (Wildman–Crippen MR) is 117 cm³/mol. The normalized spacial score (nSPS) is 13.9. The summed E-state index contributed by atoms with van der Waals surface area (Å²) in [6, 6.07) is 15.0. The molecule has 0 saturated heterocycles. The van der Waals surface area contributed by atoms with Crippen LogP contribution >= 0.6 is 11.6 Å². The number of aryl methyl sites for hydroxylation is 2. The highest BCUT2D eigenvalue weighted by atomic mass is 35.5. The van der Waals surface area contributed by atoms with Crippen LogP contribution in [0.3, 0.4) is 0 Å². The molecule has 2 amide bonds. The molecular weight excluding hydrogens is 422 g/mol. The maximum absolute atomic E-state index is 13.7. The first-order valence-corrected chi connectivity index (χ1v) is 9.82. The SMILES string of the molecule is Cc1ccc(N2C(=O)C(Nc3ccc(F)c(F)c3)=C(c3ccc(Cl)cc3)C2=O)c(C)c1. The number of imide groups is 1. The lowest BCUT2D eigenvalue weighted by Crippen LogP contribution is -2.33. The van der Waals surface area contributed by atoms with Gasteiger partial charge in [-0.3, -0.25) is 9.59 Å². The molecule has 0 saturated carbocycles. The third kappa shape index (κ3) is 3.82. The summed E-state index contributed by atoms with van der Waals surface area (Å²) in [6.07, 6.45) is 0. The highest BCUT2D eigenvalue weighted by Gasteiger charge is 2.40. The van der Waals surface area contributed by atoms with E-state index in [9.17, 15) is 18.4 Å². The van der Waals surface area contributed by atoms with Crippen LogP contribution in [0, 0.1) is 25.5 Å². The molecule has 1 N–H and O–H groups in total. The van der Waals surface area contributed by atoms with Gasteiger partial charge in [0.2, 0.25) is 0 Å². The monoisotopic (exact) mass is 438 g/mol. The molecule has 3 aromatic carbocycles. The van der Waals surface area contributed by atoms with Crippen LogP contribution in [0.2, 0.25) is 5.02 Å². The fourth-order valence-electron chi connectivity index (χ4n) is 3.52. The van der Waals surface area contributed by atoms with Crippen LogP contribution in [-0.4, -0.2) is 11.8 Å². The van der Waals surface area contributed by atoms with E-state index in [1.807, 2.05) is 26.0 Å². The Balaban J connectivity index is 1.84. The summed E-state index contributed by atoms with van der Waals surface area (Å²) >= 11 is 5.97. The van der Waals surface area contributed by atoms with Gasteiger partial charge in [0.15, 0.2) is 11.6 Å². The van der Waals surface area contributed by atoms with Gasteiger partial charge in [0.1, 0.15) is 5.70 Å². The van der Waals surface area contributed by atoms with Crippen LogP contribution in [-0.2, 0) is 9.59 Å². The number of anilines is 2. The fourth-order valence-corrected chi connectivity index (χ4v) is 3.65. The minimum atomic E-state index is -1.07. The second kappa shape index (κ2) is 7.96. The number of hydrogen-bond acceptors (Lipinski definition) is 3. The standard InChI is InChI=1S/C24H17ClF2N2O2/c1-13-3-10-20(14(2)11-13)29-23(30)21(15-4-6-16(25)7-5-15)22(24(29)31)28-17-8-9-18(26)19(27)12-17/h3-12,28H,1-2H3. The third-order valence-electron chi connectivity index (χ3n) is 5.00. The number of carbonyl (C=O) groups is 2. The molecule has 7 heteroatoms.